The fraction of sp³-hybridized carbons (Fsp3) is 0.786. The lowest BCUT2D eigenvalue weighted by atomic mass is 9.76. The van der Waals surface area contributed by atoms with Gasteiger partial charge in [-0.05, 0) is 25.2 Å². The van der Waals surface area contributed by atoms with Crippen LogP contribution in [-0.4, -0.2) is 5.78 Å². The maximum absolute atomic E-state index is 12.1. The van der Waals surface area contributed by atoms with Gasteiger partial charge >= 0.3 is 0 Å². The molecule has 0 aromatic rings. The van der Waals surface area contributed by atoms with Crippen molar-refractivity contribution in [2.75, 3.05) is 0 Å². The molecule has 0 radical (unpaired) electrons. The Morgan fingerprint density at radius 1 is 1.27 bits per heavy atom. The highest BCUT2D eigenvalue weighted by Gasteiger charge is 2.28. The molecule has 0 aliphatic heterocycles. The Morgan fingerprint density at radius 2 is 1.80 bits per heavy atom. The Labute approximate surface area is 93.9 Å². The average Bonchev–Trinajstić information content (AvgIpc) is 2.18. The van der Waals surface area contributed by atoms with E-state index in [1.807, 2.05) is 6.92 Å². The maximum atomic E-state index is 12.1. The van der Waals surface area contributed by atoms with E-state index in [4.69, 9.17) is 0 Å². The van der Waals surface area contributed by atoms with E-state index in [0.29, 0.717) is 18.1 Å². The van der Waals surface area contributed by atoms with Gasteiger partial charge in [0.15, 0.2) is 0 Å². The van der Waals surface area contributed by atoms with Crippen LogP contribution in [0.25, 0.3) is 0 Å². The molecule has 1 nitrogen and oxygen atoms in total. The summed E-state index contributed by atoms with van der Waals surface area (Å²) >= 11 is 0. The molecule has 86 valence electrons. The van der Waals surface area contributed by atoms with E-state index in [-0.39, 0.29) is 5.41 Å². The summed E-state index contributed by atoms with van der Waals surface area (Å²) in [7, 11) is 0. The van der Waals surface area contributed by atoms with Crippen LogP contribution < -0.4 is 0 Å². The van der Waals surface area contributed by atoms with Crippen molar-refractivity contribution in [2.24, 2.45) is 11.3 Å². The lowest BCUT2D eigenvalue weighted by Crippen LogP contribution is -2.25. The molecule has 0 N–H and O–H groups in total. The molecule has 1 heteroatoms. The van der Waals surface area contributed by atoms with Gasteiger partial charge in [0.1, 0.15) is 5.78 Å². The highest BCUT2D eigenvalue weighted by molar-refractivity contribution is 5.82. The van der Waals surface area contributed by atoms with E-state index in [9.17, 15) is 4.79 Å². The highest BCUT2D eigenvalue weighted by atomic mass is 16.1. The molecular formula is C14H24O. The lowest BCUT2D eigenvalue weighted by Gasteiger charge is -2.28. The Balaban J connectivity index is 2.50. The molecule has 0 heterocycles. The fourth-order valence-corrected chi connectivity index (χ4v) is 2.16. The molecule has 0 saturated heterocycles. The summed E-state index contributed by atoms with van der Waals surface area (Å²) < 4.78 is 0. The Kier molecular flexibility index (Phi) is 4.12. The minimum Gasteiger partial charge on any atom is -0.299 e. The molecule has 0 bridgehead atoms. The van der Waals surface area contributed by atoms with E-state index < -0.39 is 0 Å². The van der Waals surface area contributed by atoms with Crippen molar-refractivity contribution in [1.82, 2.24) is 0 Å². The predicted molar refractivity (Wildman–Crippen MR) is 64.8 cm³/mol. The van der Waals surface area contributed by atoms with Gasteiger partial charge < -0.3 is 0 Å². The van der Waals surface area contributed by atoms with Crippen LogP contribution >= 0.6 is 0 Å². The largest absolute Gasteiger partial charge is 0.299 e. The van der Waals surface area contributed by atoms with Crippen LogP contribution in [0.2, 0.25) is 0 Å². The zero-order valence-corrected chi connectivity index (χ0v) is 10.4. The van der Waals surface area contributed by atoms with Gasteiger partial charge in [0.25, 0.3) is 0 Å². The van der Waals surface area contributed by atoms with Crippen molar-refractivity contribution < 1.29 is 4.79 Å². The van der Waals surface area contributed by atoms with Gasteiger partial charge in [-0.1, -0.05) is 45.3 Å². The number of hydrogen-bond donors (Lipinski definition) is 0. The van der Waals surface area contributed by atoms with Gasteiger partial charge in [-0.15, -0.1) is 0 Å². The smallest absolute Gasteiger partial charge is 0.136 e. The van der Waals surface area contributed by atoms with Crippen LogP contribution in [0.1, 0.15) is 59.3 Å². The molecular weight excluding hydrogens is 184 g/mol. The first kappa shape index (κ1) is 12.5. The standard InChI is InChI=1S/C14H24O/c1-11(2)14(3,4)10-13(15)12-8-6-5-7-9-12/h12H,1,5-10H2,2-4H3. The fourth-order valence-electron chi connectivity index (χ4n) is 2.16. The van der Waals surface area contributed by atoms with Crippen molar-refractivity contribution in [1.29, 1.82) is 0 Å². The maximum Gasteiger partial charge on any atom is 0.136 e. The van der Waals surface area contributed by atoms with E-state index >= 15 is 0 Å². The first-order chi connectivity index (χ1) is 6.93. The highest BCUT2D eigenvalue weighted by Crippen LogP contribution is 2.33. The van der Waals surface area contributed by atoms with E-state index in [2.05, 4.69) is 20.4 Å². The molecule has 1 aliphatic carbocycles. The van der Waals surface area contributed by atoms with Gasteiger partial charge in [0.2, 0.25) is 0 Å². The minimum absolute atomic E-state index is 0.0193. The molecule has 15 heavy (non-hydrogen) atoms. The summed E-state index contributed by atoms with van der Waals surface area (Å²) in [5.41, 5.74) is 1.10. The average molecular weight is 208 g/mol. The van der Waals surface area contributed by atoms with Crippen molar-refractivity contribution in [3.05, 3.63) is 12.2 Å². The van der Waals surface area contributed by atoms with Gasteiger partial charge in [0.05, 0.1) is 0 Å². The summed E-state index contributed by atoms with van der Waals surface area (Å²) in [6.45, 7) is 10.2. The molecule has 0 aromatic carbocycles. The third-order valence-electron chi connectivity index (χ3n) is 3.83. The third kappa shape index (κ3) is 3.48. The lowest BCUT2D eigenvalue weighted by molar-refractivity contribution is -0.125. The molecule has 1 saturated carbocycles. The van der Waals surface area contributed by atoms with E-state index in [1.165, 1.54) is 19.3 Å². The van der Waals surface area contributed by atoms with Gasteiger partial charge in [-0.3, -0.25) is 4.79 Å². The van der Waals surface area contributed by atoms with E-state index in [0.717, 1.165) is 18.4 Å². The summed E-state index contributed by atoms with van der Waals surface area (Å²) in [6.07, 6.45) is 6.70. The van der Waals surface area contributed by atoms with Crippen LogP contribution in [0.4, 0.5) is 0 Å². The molecule has 0 amide bonds. The zero-order chi connectivity index (χ0) is 11.5. The second-order valence-electron chi connectivity index (χ2n) is 5.64. The Bertz CT molecular complexity index is 244. The minimum atomic E-state index is -0.0193. The zero-order valence-electron chi connectivity index (χ0n) is 10.4. The SMILES string of the molecule is C=C(C)C(C)(C)CC(=O)C1CCCCC1. The number of ketones is 1. The van der Waals surface area contributed by atoms with Gasteiger partial charge in [0, 0.05) is 12.3 Å². The molecule has 1 rings (SSSR count). The summed E-state index contributed by atoms with van der Waals surface area (Å²) in [5, 5.41) is 0. The van der Waals surface area contributed by atoms with Crippen LogP contribution in [0.15, 0.2) is 12.2 Å². The number of allylic oxidation sites excluding steroid dienone is 1. The van der Waals surface area contributed by atoms with Crippen LogP contribution in [0, 0.1) is 11.3 Å². The predicted octanol–water partition coefficient (Wildman–Crippen LogP) is 4.13. The number of carbonyl (C=O) groups excluding carboxylic acids is 1. The number of Topliss-reactive ketones (excluding diaryl/α,β-unsaturated/α-hetero) is 1. The summed E-state index contributed by atoms with van der Waals surface area (Å²) in [5.74, 6) is 0.806. The number of carbonyl (C=O) groups is 1. The summed E-state index contributed by atoms with van der Waals surface area (Å²) in [6, 6.07) is 0. The number of rotatable bonds is 4. The van der Waals surface area contributed by atoms with Crippen LogP contribution in [-0.2, 0) is 4.79 Å². The number of hydrogen-bond acceptors (Lipinski definition) is 1. The molecule has 0 unspecified atom stereocenters. The van der Waals surface area contributed by atoms with Crippen LogP contribution in [0.5, 0.6) is 0 Å². The Hall–Kier alpha value is -0.590. The van der Waals surface area contributed by atoms with Crippen LogP contribution in [0.3, 0.4) is 0 Å². The van der Waals surface area contributed by atoms with Gasteiger partial charge in [-0.25, -0.2) is 0 Å². The second kappa shape index (κ2) is 4.96. The topological polar surface area (TPSA) is 17.1 Å². The normalized spacial score (nSPS) is 18.9. The van der Waals surface area contributed by atoms with Crippen molar-refractivity contribution in [3.8, 4) is 0 Å². The van der Waals surface area contributed by atoms with Crippen molar-refractivity contribution in [3.63, 3.8) is 0 Å². The van der Waals surface area contributed by atoms with E-state index in [1.54, 1.807) is 0 Å². The summed E-state index contributed by atoms with van der Waals surface area (Å²) in [4.78, 5) is 12.1. The first-order valence-electron chi connectivity index (χ1n) is 6.12. The monoisotopic (exact) mass is 208 g/mol. The molecule has 1 aliphatic rings. The molecule has 0 spiro atoms. The first-order valence-corrected chi connectivity index (χ1v) is 6.12. The third-order valence-corrected chi connectivity index (χ3v) is 3.83. The molecule has 1 fully saturated rings. The quantitative estimate of drug-likeness (QED) is 0.635. The molecule has 0 atom stereocenters. The second-order valence-corrected chi connectivity index (χ2v) is 5.64. The Morgan fingerprint density at radius 3 is 2.27 bits per heavy atom. The van der Waals surface area contributed by atoms with Gasteiger partial charge in [-0.2, -0.15) is 0 Å². The van der Waals surface area contributed by atoms with Crippen molar-refractivity contribution in [2.45, 2.75) is 59.3 Å². The van der Waals surface area contributed by atoms with Crippen molar-refractivity contribution >= 4 is 5.78 Å². The molecule has 0 aromatic heterocycles.